The lowest BCUT2D eigenvalue weighted by Gasteiger charge is -2.29. The van der Waals surface area contributed by atoms with Gasteiger partial charge in [-0.15, -0.1) is 0 Å². The van der Waals surface area contributed by atoms with E-state index in [4.69, 9.17) is 10.5 Å². The van der Waals surface area contributed by atoms with E-state index in [1.807, 2.05) is 13.0 Å². The van der Waals surface area contributed by atoms with Gasteiger partial charge in [0.15, 0.2) is 0 Å². The van der Waals surface area contributed by atoms with Gasteiger partial charge in [-0.1, -0.05) is 23.8 Å². The topological polar surface area (TPSA) is 88.4 Å². The van der Waals surface area contributed by atoms with Crippen LogP contribution in [0.2, 0.25) is 0 Å². The molecule has 6 heteroatoms. The van der Waals surface area contributed by atoms with E-state index in [-0.39, 0.29) is 6.04 Å². The van der Waals surface area contributed by atoms with Crippen molar-refractivity contribution < 1.29 is 9.53 Å². The molecule has 0 radical (unpaired) electrons. The molecule has 0 bridgehead atoms. The highest BCUT2D eigenvalue weighted by Gasteiger charge is 2.23. The van der Waals surface area contributed by atoms with Crippen molar-refractivity contribution in [2.75, 3.05) is 26.3 Å². The Morgan fingerprint density at radius 3 is 2.88 bits per heavy atom. The second-order valence-electron chi connectivity index (χ2n) is 6.79. The molecular weight excluding hydrogens is 316 g/mol. The van der Waals surface area contributed by atoms with Gasteiger partial charge in [-0.2, -0.15) is 0 Å². The molecule has 0 aromatic heterocycles. The SMILES string of the molecule is CC1=CC2=CC(C(N)=O)=C(NCCCNC3CCOCC3)NC2C=C1. The Kier molecular flexibility index (Phi) is 5.94. The van der Waals surface area contributed by atoms with E-state index in [0.29, 0.717) is 11.6 Å². The van der Waals surface area contributed by atoms with E-state index in [9.17, 15) is 4.79 Å². The molecule has 0 aromatic carbocycles. The summed E-state index contributed by atoms with van der Waals surface area (Å²) in [5.74, 6) is 0.312. The number of rotatable bonds is 7. The second-order valence-corrected chi connectivity index (χ2v) is 6.79. The Morgan fingerprint density at radius 2 is 2.12 bits per heavy atom. The minimum absolute atomic E-state index is 0.0923. The zero-order chi connectivity index (χ0) is 17.6. The Bertz CT molecular complexity index is 627. The minimum atomic E-state index is -0.415. The molecule has 5 N–H and O–H groups in total. The van der Waals surface area contributed by atoms with Crippen molar-refractivity contribution in [1.29, 1.82) is 0 Å². The van der Waals surface area contributed by atoms with Crippen molar-refractivity contribution in [1.82, 2.24) is 16.0 Å². The predicted molar refractivity (Wildman–Crippen MR) is 98.6 cm³/mol. The molecule has 3 rings (SSSR count). The monoisotopic (exact) mass is 344 g/mol. The van der Waals surface area contributed by atoms with E-state index in [2.05, 4.69) is 34.2 Å². The third kappa shape index (κ3) is 4.74. The zero-order valence-corrected chi connectivity index (χ0v) is 14.8. The van der Waals surface area contributed by atoms with Crippen LogP contribution in [-0.2, 0) is 9.53 Å². The first-order chi connectivity index (χ1) is 12.1. The molecular formula is C19H28N4O2. The fourth-order valence-corrected chi connectivity index (χ4v) is 3.35. The standard InChI is InChI=1S/C19H28N4O2/c1-13-3-4-17-14(11-13)12-16(18(20)24)19(23-17)22-8-2-7-21-15-5-9-25-10-6-15/h3-4,11-12,15,17,21-23H,2,5-10H2,1H3,(H2,20,24). The maximum Gasteiger partial charge on any atom is 0.252 e. The first-order valence-electron chi connectivity index (χ1n) is 9.07. The normalized spacial score (nSPS) is 23.5. The highest BCUT2D eigenvalue weighted by Crippen LogP contribution is 2.23. The number of fused-ring (bicyclic) bond motifs is 1. The summed E-state index contributed by atoms with van der Waals surface area (Å²) in [6.45, 7) is 5.48. The molecule has 25 heavy (non-hydrogen) atoms. The molecule has 0 spiro atoms. The summed E-state index contributed by atoms with van der Waals surface area (Å²) < 4.78 is 5.37. The molecule has 0 aromatic rings. The molecule has 1 aliphatic carbocycles. The van der Waals surface area contributed by atoms with Crippen molar-refractivity contribution in [3.63, 3.8) is 0 Å². The fraction of sp³-hybridized carbons (Fsp3) is 0.526. The van der Waals surface area contributed by atoms with Crippen LogP contribution in [0.25, 0.3) is 0 Å². The van der Waals surface area contributed by atoms with Crippen LogP contribution in [0.3, 0.4) is 0 Å². The van der Waals surface area contributed by atoms with Gasteiger partial charge in [-0.3, -0.25) is 4.79 Å². The number of primary amides is 1. The predicted octanol–water partition coefficient (Wildman–Crippen LogP) is 0.846. The van der Waals surface area contributed by atoms with Gasteiger partial charge in [0.1, 0.15) is 5.82 Å². The van der Waals surface area contributed by atoms with Crippen LogP contribution in [0, 0.1) is 0 Å². The molecule has 0 saturated carbocycles. The Labute approximate surface area is 149 Å². The summed E-state index contributed by atoms with van der Waals surface area (Å²) in [5, 5.41) is 10.3. The number of hydrogen-bond acceptors (Lipinski definition) is 5. The van der Waals surface area contributed by atoms with Crippen LogP contribution in [0.1, 0.15) is 26.2 Å². The highest BCUT2D eigenvalue weighted by molar-refractivity contribution is 5.96. The lowest BCUT2D eigenvalue weighted by Crippen LogP contribution is -2.42. The number of dihydropyridines is 1. The summed E-state index contributed by atoms with van der Waals surface area (Å²) in [6.07, 6.45) is 11.3. The summed E-state index contributed by atoms with van der Waals surface area (Å²) in [4.78, 5) is 11.8. The van der Waals surface area contributed by atoms with Crippen LogP contribution in [0.4, 0.5) is 0 Å². The van der Waals surface area contributed by atoms with Crippen molar-refractivity contribution in [3.05, 3.63) is 46.8 Å². The van der Waals surface area contributed by atoms with Gasteiger partial charge in [0.2, 0.25) is 0 Å². The third-order valence-corrected chi connectivity index (χ3v) is 4.76. The highest BCUT2D eigenvalue weighted by atomic mass is 16.5. The molecule has 6 nitrogen and oxygen atoms in total. The molecule has 2 heterocycles. The van der Waals surface area contributed by atoms with Crippen LogP contribution < -0.4 is 21.7 Å². The Hall–Kier alpha value is -2.05. The van der Waals surface area contributed by atoms with E-state index >= 15 is 0 Å². The number of nitrogens with one attached hydrogen (secondary N) is 3. The lowest BCUT2D eigenvalue weighted by molar-refractivity contribution is -0.114. The van der Waals surface area contributed by atoms with E-state index in [1.54, 1.807) is 0 Å². The van der Waals surface area contributed by atoms with E-state index in [1.165, 1.54) is 5.57 Å². The lowest BCUT2D eigenvalue weighted by atomic mass is 9.93. The quantitative estimate of drug-likeness (QED) is 0.514. The summed E-state index contributed by atoms with van der Waals surface area (Å²) >= 11 is 0. The zero-order valence-electron chi connectivity index (χ0n) is 14.8. The van der Waals surface area contributed by atoms with Crippen molar-refractivity contribution >= 4 is 5.91 Å². The van der Waals surface area contributed by atoms with E-state index in [0.717, 1.165) is 57.0 Å². The van der Waals surface area contributed by atoms with Crippen LogP contribution >= 0.6 is 0 Å². The van der Waals surface area contributed by atoms with Gasteiger partial charge in [0.05, 0.1) is 11.6 Å². The molecule has 2 aliphatic heterocycles. The van der Waals surface area contributed by atoms with Gasteiger partial charge in [0, 0.05) is 25.8 Å². The Balaban J connectivity index is 1.52. The number of hydrogen-bond donors (Lipinski definition) is 4. The maximum atomic E-state index is 11.8. The second kappa shape index (κ2) is 8.36. The smallest absolute Gasteiger partial charge is 0.252 e. The van der Waals surface area contributed by atoms with Gasteiger partial charge in [0.25, 0.3) is 5.91 Å². The number of amides is 1. The third-order valence-electron chi connectivity index (χ3n) is 4.76. The van der Waals surface area contributed by atoms with E-state index < -0.39 is 5.91 Å². The van der Waals surface area contributed by atoms with Crippen LogP contribution in [-0.4, -0.2) is 44.3 Å². The molecule has 1 saturated heterocycles. The summed E-state index contributed by atoms with van der Waals surface area (Å²) in [6, 6.07) is 0.657. The summed E-state index contributed by atoms with van der Waals surface area (Å²) in [5.41, 5.74) is 8.31. The first-order valence-corrected chi connectivity index (χ1v) is 9.07. The molecule has 1 fully saturated rings. The molecule has 1 unspecified atom stereocenters. The number of ether oxygens (including phenoxy) is 1. The number of nitrogens with two attached hydrogens (primary N) is 1. The van der Waals surface area contributed by atoms with Gasteiger partial charge < -0.3 is 26.4 Å². The molecule has 3 aliphatic rings. The summed E-state index contributed by atoms with van der Waals surface area (Å²) in [7, 11) is 0. The fourth-order valence-electron chi connectivity index (χ4n) is 3.35. The number of carbonyl (C=O) groups excluding carboxylic acids is 1. The number of allylic oxidation sites excluding steroid dienone is 2. The number of carbonyl (C=O) groups is 1. The van der Waals surface area contributed by atoms with Gasteiger partial charge >= 0.3 is 0 Å². The first kappa shape index (κ1) is 17.8. The van der Waals surface area contributed by atoms with Crippen LogP contribution in [0.5, 0.6) is 0 Å². The molecule has 1 amide bonds. The van der Waals surface area contributed by atoms with Crippen molar-refractivity contribution in [2.24, 2.45) is 5.73 Å². The van der Waals surface area contributed by atoms with Gasteiger partial charge in [-0.25, -0.2) is 0 Å². The molecule has 136 valence electrons. The Morgan fingerprint density at radius 1 is 1.32 bits per heavy atom. The van der Waals surface area contributed by atoms with Gasteiger partial charge in [-0.05, 0) is 44.4 Å². The maximum absolute atomic E-state index is 11.8. The molecule has 1 atom stereocenters. The largest absolute Gasteiger partial charge is 0.381 e. The average molecular weight is 344 g/mol. The van der Waals surface area contributed by atoms with Crippen molar-refractivity contribution in [2.45, 2.75) is 38.3 Å². The minimum Gasteiger partial charge on any atom is -0.381 e. The van der Waals surface area contributed by atoms with Crippen molar-refractivity contribution in [3.8, 4) is 0 Å². The van der Waals surface area contributed by atoms with Crippen LogP contribution in [0.15, 0.2) is 46.8 Å². The average Bonchev–Trinajstić information content (AvgIpc) is 2.61.